The third-order valence-electron chi connectivity index (χ3n) is 3.20. The number of aromatic nitrogens is 2. The Morgan fingerprint density at radius 1 is 1.05 bits per heavy atom. The van der Waals surface area contributed by atoms with Crippen molar-refractivity contribution in [2.24, 2.45) is 0 Å². The fraction of sp³-hybridized carbons (Fsp3) is 0.125. The number of hydrogen-bond acceptors (Lipinski definition) is 2. The molecule has 1 heterocycles. The number of nitrogens with zero attached hydrogens (tertiary/aromatic N) is 2. The molecule has 0 saturated carbocycles. The summed E-state index contributed by atoms with van der Waals surface area (Å²) in [5.74, 6) is -0.0414. The van der Waals surface area contributed by atoms with Crippen molar-refractivity contribution >= 4 is 22.5 Å². The van der Waals surface area contributed by atoms with Crippen LogP contribution in [0.2, 0.25) is 5.15 Å². The maximum atomic E-state index is 13.8. The molecule has 1 aromatic heterocycles. The van der Waals surface area contributed by atoms with Crippen LogP contribution in [0.3, 0.4) is 0 Å². The molecule has 0 unspecified atom stereocenters. The van der Waals surface area contributed by atoms with Crippen LogP contribution < -0.4 is 0 Å². The predicted molar refractivity (Wildman–Crippen MR) is 79.4 cm³/mol. The zero-order valence-electron chi connectivity index (χ0n) is 11.1. The molecule has 0 aliphatic carbocycles. The molecular weight excluding hydrogens is 275 g/mol. The Bertz CT molecular complexity index is 815. The van der Waals surface area contributed by atoms with Crippen LogP contribution in [-0.2, 0) is 0 Å². The van der Waals surface area contributed by atoms with Crippen molar-refractivity contribution in [1.82, 2.24) is 9.97 Å². The number of aryl methyl sites for hydroxylation is 2. The minimum atomic E-state index is -0.354. The maximum Gasteiger partial charge on any atom is 0.164 e. The van der Waals surface area contributed by atoms with Gasteiger partial charge in [0, 0.05) is 5.39 Å². The molecule has 0 saturated heterocycles. The van der Waals surface area contributed by atoms with E-state index in [1.54, 1.807) is 18.2 Å². The lowest BCUT2D eigenvalue weighted by atomic mass is 10.1. The van der Waals surface area contributed by atoms with E-state index in [-0.39, 0.29) is 5.82 Å². The lowest BCUT2D eigenvalue weighted by Crippen LogP contribution is -1.96. The maximum absolute atomic E-state index is 13.8. The van der Waals surface area contributed by atoms with Gasteiger partial charge in [-0.05, 0) is 37.6 Å². The van der Waals surface area contributed by atoms with E-state index in [9.17, 15) is 4.39 Å². The first-order chi connectivity index (χ1) is 9.56. The molecule has 0 atom stereocenters. The average Bonchev–Trinajstić information content (AvgIpc) is 2.40. The fourth-order valence-corrected chi connectivity index (χ4v) is 2.54. The van der Waals surface area contributed by atoms with E-state index in [1.165, 1.54) is 6.07 Å². The van der Waals surface area contributed by atoms with Gasteiger partial charge in [0.15, 0.2) is 5.82 Å². The van der Waals surface area contributed by atoms with Gasteiger partial charge in [-0.3, -0.25) is 0 Å². The highest BCUT2D eigenvalue weighted by molar-refractivity contribution is 6.34. The zero-order chi connectivity index (χ0) is 14.3. The average molecular weight is 287 g/mol. The molecule has 0 bridgehead atoms. The first-order valence-corrected chi connectivity index (χ1v) is 6.63. The molecule has 20 heavy (non-hydrogen) atoms. The molecule has 0 aliphatic rings. The molecule has 3 aromatic rings. The SMILES string of the molecule is Cc1cc(C)c2nc(-c3ccccc3F)nc(Cl)c2c1. The Labute approximate surface area is 121 Å². The van der Waals surface area contributed by atoms with Gasteiger partial charge in [0.1, 0.15) is 11.0 Å². The second-order valence-corrected chi connectivity index (χ2v) is 5.15. The summed E-state index contributed by atoms with van der Waals surface area (Å²) in [7, 11) is 0. The van der Waals surface area contributed by atoms with Crippen molar-refractivity contribution in [3.63, 3.8) is 0 Å². The Hall–Kier alpha value is -2.00. The van der Waals surface area contributed by atoms with Gasteiger partial charge in [-0.15, -0.1) is 0 Å². The van der Waals surface area contributed by atoms with Crippen molar-refractivity contribution in [3.05, 3.63) is 58.5 Å². The highest BCUT2D eigenvalue weighted by Crippen LogP contribution is 2.28. The molecule has 0 radical (unpaired) electrons. The third-order valence-corrected chi connectivity index (χ3v) is 3.49. The van der Waals surface area contributed by atoms with Crippen LogP contribution >= 0.6 is 11.6 Å². The second kappa shape index (κ2) is 4.84. The first-order valence-electron chi connectivity index (χ1n) is 6.25. The van der Waals surface area contributed by atoms with E-state index in [0.29, 0.717) is 16.5 Å². The molecule has 2 nitrogen and oxygen atoms in total. The smallest absolute Gasteiger partial charge is 0.164 e. The molecule has 100 valence electrons. The van der Waals surface area contributed by atoms with Crippen molar-refractivity contribution in [1.29, 1.82) is 0 Å². The summed E-state index contributed by atoms with van der Waals surface area (Å²) in [4.78, 5) is 8.70. The number of halogens is 2. The second-order valence-electron chi connectivity index (χ2n) is 4.80. The van der Waals surface area contributed by atoms with Gasteiger partial charge in [-0.2, -0.15) is 0 Å². The number of rotatable bonds is 1. The van der Waals surface area contributed by atoms with Gasteiger partial charge in [-0.1, -0.05) is 35.4 Å². The van der Waals surface area contributed by atoms with E-state index in [1.807, 2.05) is 26.0 Å². The Morgan fingerprint density at radius 3 is 2.55 bits per heavy atom. The van der Waals surface area contributed by atoms with Crippen molar-refractivity contribution in [3.8, 4) is 11.4 Å². The summed E-state index contributed by atoms with van der Waals surface area (Å²) >= 11 is 6.23. The highest BCUT2D eigenvalue weighted by atomic mass is 35.5. The molecule has 0 N–H and O–H groups in total. The lowest BCUT2D eigenvalue weighted by Gasteiger charge is -2.08. The van der Waals surface area contributed by atoms with Crippen LogP contribution in [-0.4, -0.2) is 9.97 Å². The van der Waals surface area contributed by atoms with Crippen LogP contribution in [0.25, 0.3) is 22.3 Å². The minimum Gasteiger partial charge on any atom is -0.227 e. The molecule has 0 amide bonds. The van der Waals surface area contributed by atoms with Crippen molar-refractivity contribution < 1.29 is 4.39 Å². The Morgan fingerprint density at radius 2 is 1.80 bits per heavy atom. The van der Waals surface area contributed by atoms with Crippen molar-refractivity contribution in [2.75, 3.05) is 0 Å². The predicted octanol–water partition coefficient (Wildman–Crippen LogP) is 4.71. The Balaban J connectivity index is 2.33. The van der Waals surface area contributed by atoms with E-state index in [4.69, 9.17) is 11.6 Å². The normalized spacial score (nSPS) is 11.0. The van der Waals surface area contributed by atoms with E-state index in [0.717, 1.165) is 22.0 Å². The largest absolute Gasteiger partial charge is 0.227 e. The van der Waals surface area contributed by atoms with Crippen LogP contribution in [0, 0.1) is 19.7 Å². The highest BCUT2D eigenvalue weighted by Gasteiger charge is 2.12. The third kappa shape index (κ3) is 2.14. The quantitative estimate of drug-likeness (QED) is 0.606. The standard InChI is InChI=1S/C16H12ClFN2/c1-9-7-10(2)14-12(8-9)15(17)20-16(19-14)11-5-3-4-6-13(11)18/h3-8H,1-2H3. The molecule has 0 aliphatic heterocycles. The van der Waals surface area contributed by atoms with Gasteiger partial charge in [-0.25, -0.2) is 14.4 Å². The fourth-order valence-electron chi connectivity index (χ4n) is 2.31. The zero-order valence-corrected chi connectivity index (χ0v) is 11.9. The van der Waals surface area contributed by atoms with Crippen LogP contribution in [0.5, 0.6) is 0 Å². The van der Waals surface area contributed by atoms with E-state index < -0.39 is 0 Å². The Kier molecular flexibility index (Phi) is 3.14. The molecule has 0 spiro atoms. The van der Waals surface area contributed by atoms with Gasteiger partial charge in [0.2, 0.25) is 0 Å². The molecule has 4 heteroatoms. The molecule has 0 fully saturated rings. The summed E-state index contributed by atoms with van der Waals surface area (Å²) < 4.78 is 13.8. The van der Waals surface area contributed by atoms with Gasteiger partial charge < -0.3 is 0 Å². The van der Waals surface area contributed by atoms with Crippen LogP contribution in [0.4, 0.5) is 4.39 Å². The summed E-state index contributed by atoms with van der Waals surface area (Å²) in [5.41, 5.74) is 3.21. The van der Waals surface area contributed by atoms with Gasteiger partial charge in [0.05, 0.1) is 11.1 Å². The van der Waals surface area contributed by atoms with Gasteiger partial charge >= 0.3 is 0 Å². The van der Waals surface area contributed by atoms with E-state index >= 15 is 0 Å². The summed E-state index contributed by atoms with van der Waals surface area (Å²) in [5, 5.41) is 1.14. The minimum absolute atomic E-state index is 0.313. The van der Waals surface area contributed by atoms with Crippen LogP contribution in [0.15, 0.2) is 36.4 Å². The number of fused-ring (bicyclic) bond motifs is 1. The van der Waals surface area contributed by atoms with Crippen LogP contribution in [0.1, 0.15) is 11.1 Å². The molecule has 3 rings (SSSR count). The first kappa shape index (κ1) is 13.0. The molecular formula is C16H12ClFN2. The summed E-state index contributed by atoms with van der Waals surface area (Å²) in [6.07, 6.45) is 0. The van der Waals surface area contributed by atoms with E-state index in [2.05, 4.69) is 9.97 Å². The summed E-state index contributed by atoms with van der Waals surface area (Å²) in [6.45, 7) is 3.96. The molecule has 2 aromatic carbocycles. The monoisotopic (exact) mass is 286 g/mol. The lowest BCUT2D eigenvalue weighted by molar-refractivity contribution is 0.630. The van der Waals surface area contributed by atoms with Crippen molar-refractivity contribution in [2.45, 2.75) is 13.8 Å². The number of benzene rings is 2. The summed E-state index contributed by atoms with van der Waals surface area (Å²) in [6, 6.07) is 10.4. The number of hydrogen-bond donors (Lipinski definition) is 0. The van der Waals surface area contributed by atoms with Gasteiger partial charge in [0.25, 0.3) is 0 Å². The topological polar surface area (TPSA) is 25.8 Å².